The van der Waals surface area contributed by atoms with Gasteiger partial charge in [0.2, 0.25) is 0 Å². The second kappa shape index (κ2) is 9.07. The Labute approximate surface area is 159 Å². The molecule has 27 heavy (non-hydrogen) atoms. The number of guanidine groups is 1. The molecule has 1 aliphatic rings. The molecule has 0 saturated heterocycles. The van der Waals surface area contributed by atoms with Crippen molar-refractivity contribution in [3.8, 4) is 11.5 Å². The van der Waals surface area contributed by atoms with Gasteiger partial charge in [-0.15, -0.1) is 16.8 Å². The maximum Gasteiger partial charge on any atom is 0.192 e. The quantitative estimate of drug-likeness (QED) is 0.457. The molecule has 0 bridgehead atoms. The molecular formula is C19H26N6O2. The molecule has 0 radical (unpaired) electrons. The van der Waals surface area contributed by atoms with E-state index in [0.29, 0.717) is 38.8 Å². The molecule has 1 aromatic carbocycles. The summed E-state index contributed by atoms with van der Waals surface area (Å²) in [6.45, 7) is 8.59. The zero-order valence-electron chi connectivity index (χ0n) is 15.9. The molecule has 0 spiro atoms. The number of fused-ring (bicyclic) bond motifs is 1. The third kappa shape index (κ3) is 4.78. The normalized spacial score (nSPS) is 13.8. The smallest absolute Gasteiger partial charge is 0.192 e. The van der Waals surface area contributed by atoms with Crippen LogP contribution in [-0.2, 0) is 20.1 Å². The molecule has 0 saturated carbocycles. The van der Waals surface area contributed by atoms with Gasteiger partial charge in [0, 0.05) is 25.6 Å². The van der Waals surface area contributed by atoms with E-state index in [2.05, 4.69) is 32.4 Å². The second-order valence-corrected chi connectivity index (χ2v) is 6.21. The molecule has 2 N–H and O–H groups in total. The lowest BCUT2D eigenvalue weighted by molar-refractivity contribution is 0.296. The molecule has 3 rings (SSSR count). The van der Waals surface area contributed by atoms with Gasteiger partial charge >= 0.3 is 0 Å². The van der Waals surface area contributed by atoms with E-state index in [1.165, 1.54) is 0 Å². The molecule has 0 aliphatic carbocycles. The summed E-state index contributed by atoms with van der Waals surface area (Å²) in [5.74, 6) is 3.94. The number of aliphatic imine (C=N–C) groups is 1. The van der Waals surface area contributed by atoms with E-state index >= 15 is 0 Å². The highest BCUT2D eigenvalue weighted by Gasteiger charge is 2.14. The van der Waals surface area contributed by atoms with Crippen molar-refractivity contribution in [2.75, 3.05) is 19.8 Å². The van der Waals surface area contributed by atoms with Gasteiger partial charge < -0.3 is 24.7 Å². The van der Waals surface area contributed by atoms with E-state index in [-0.39, 0.29) is 0 Å². The average Bonchev–Trinajstić information content (AvgIpc) is 2.88. The lowest BCUT2D eigenvalue weighted by Crippen LogP contribution is -2.37. The minimum Gasteiger partial charge on any atom is -0.490 e. The topological polar surface area (TPSA) is 85.6 Å². The van der Waals surface area contributed by atoms with Gasteiger partial charge in [0.1, 0.15) is 5.82 Å². The monoisotopic (exact) mass is 370 g/mol. The van der Waals surface area contributed by atoms with Crippen LogP contribution >= 0.6 is 0 Å². The van der Waals surface area contributed by atoms with Crippen LogP contribution in [0.4, 0.5) is 0 Å². The largest absolute Gasteiger partial charge is 0.490 e. The molecule has 0 atom stereocenters. The molecular weight excluding hydrogens is 344 g/mol. The van der Waals surface area contributed by atoms with Gasteiger partial charge in [-0.3, -0.25) is 0 Å². The number of rotatable bonds is 6. The predicted octanol–water partition coefficient (Wildman–Crippen LogP) is 1.71. The second-order valence-electron chi connectivity index (χ2n) is 6.21. The van der Waals surface area contributed by atoms with Crippen LogP contribution in [0.2, 0.25) is 0 Å². The SMILES string of the molecule is C=CCNC(=NCc1cccc2c1OCCCO2)NCc1nnc(C)n1C. The fraction of sp³-hybridized carbons (Fsp3) is 0.421. The first-order valence-corrected chi connectivity index (χ1v) is 9.04. The van der Waals surface area contributed by atoms with Crippen LogP contribution in [0.3, 0.4) is 0 Å². The summed E-state index contributed by atoms with van der Waals surface area (Å²) in [6.07, 6.45) is 2.66. The molecule has 8 heteroatoms. The zero-order chi connectivity index (χ0) is 19.1. The predicted molar refractivity (Wildman–Crippen MR) is 104 cm³/mol. The van der Waals surface area contributed by atoms with Crippen LogP contribution in [-0.4, -0.2) is 40.5 Å². The van der Waals surface area contributed by atoms with Crippen LogP contribution < -0.4 is 20.1 Å². The van der Waals surface area contributed by atoms with E-state index in [1.807, 2.05) is 36.7 Å². The highest BCUT2D eigenvalue weighted by molar-refractivity contribution is 5.79. The summed E-state index contributed by atoms with van der Waals surface area (Å²) < 4.78 is 13.6. The number of hydrogen-bond acceptors (Lipinski definition) is 5. The Hall–Kier alpha value is -3.03. The number of nitrogens with one attached hydrogen (secondary N) is 2. The first-order valence-electron chi connectivity index (χ1n) is 9.04. The maximum atomic E-state index is 5.87. The maximum absolute atomic E-state index is 5.87. The minimum absolute atomic E-state index is 0.469. The van der Waals surface area contributed by atoms with E-state index in [9.17, 15) is 0 Å². The Bertz CT molecular complexity index is 815. The van der Waals surface area contributed by atoms with Crippen LogP contribution in [0, 0.1) is 6.92 Å². The van der Waals surface area contributed by atoms with E-state index < -0.39 is 0 Å². The van der Waals surface area contributed by atoms with E-state index in [4.69, 9.17) is 9.47 Å². The van der Waals surface area contributed by atoms with Crippen LogP contribution in [0.5, 0.6) is 11.5 Å². The first-order chi connectivity index (χ1) is 13.2. The summed E-state index contributed by atoms with van der Waals surface area (Å²) in [4.78, 5) is 4.68. The Morgan fingerprint density at radius 2 is 2.15 bits per heavy atom. The molecule has 2 aromatic rings. The number of aryl methyl sites for hydroxylation is 1. The summed E-state index contributed by atoms with van der Waals surface area (Å²) in [6, 6.07) is 5.90. The molecule has 0 unspecified atom stereocenters. The zero-order valence-corrected chi connectivity index (χ0v) is 15.9. The molecule has 0 fully saturated rings. The van der Waals surface area contributed by atoms with Crippen molar-refractivity contribution in [3.63, 3.8) is 0 Å². The highest BCUT2D eigenvalue weighted by atomic mass is 16.5. The minimum atomic E-state index is 0.469. The first kappa shape index (κ1) is 18.8. The number of nitrogens with zero attached hydrogens (tertiary/aromatic N) is 4. The Morgan fingerprint density at radius 3 is 2.93 bits per heavy atom. The van der Waals surface area contributed by atoms with Gasteiger partial charge in [0.25, 0.3) is 0 Å². The summed E-state index contributed by atoms with van der Waals surface area (Å²) in [7, 11) is 1.94. The molecule has 1 aliphatic heterocycles. The lowest BCUT2D eigenvalue weighted by atomic mass is 10.2. The van der Waals surface area contributed by atoms with Gasteiger partial charge in [-0.05, 0) is 13.0 Å². The van der Waals surface area contributed by atoms with Gasteiger partial charge in [-0.1, -0.05) is 18.2 Å². The molecule has 1 aromatic heterocycles. The van der Waals surface area contributed by atoms with Gasteiger partial charge in [-0.25, -0.2) is 4.99 Å². The Balaban J connectivity index is 1.72. The van der Waals surface area contributed by atoms with Crippen molar-refractivity contribution >= 4 is 5.96 Å². The van der Waals surface area contributed by atoms with Crippen molar-refractivity contribution in [2.45, 2.75) is 26.4 Å². The van der Waals surface area contributed by atoms with Crippen LogP contribution in [0.25, 0.3) is 0 Å². The number of para-hydroxylation sites is 1. The Kier molecular flexibility index (Phi) is 6.30. The number of ether oxygens (including phenoxy) is 2. The third-order valence-electron chi connectivity index (χ3n) is 4.27. The third-order valence-corrected chi connectivity index (χ3v) is 4.27. The van der Waals surface area contributed by atoms with E-state index in [1.54, 1.807) is 6.08 Å². The summed E-state index contributed by atoms with van der Waals surface area (Å²) >= 11 is 0. The van der Waals surface area contributed by atoms with Crippen molar-refractivity contribution < 1.29 is 9.47 Å². The molecule has 144 valence electrons. The highest BCUT2D eigenvalue weighted by Crippen LogP contribution is 2.33. The van der Waals surface area contributed by atoms with Gasteiger partial charge in [0.15, 0.2) is 23.3 Å². The van der Waals surface area contributed by atoms with Crippen molar-refractivity contribution in [1.29, 1.82) is 0 Å². The molecule has 0 amide bonds. The van der Waals surface area contributed by atoms with Crippen molar-refractivity contribution in [1.82, 2.24) is 25.4 Å². The van der Waals surface area contributed by atoms with E-state index in [0.717, 1.165) is 35.1 Å². The number of aromatic nitrogens is 3. The number of hydrogen-bond donors (Lipinski definition) is 2. The molecule has 2 heterocycles. The average molecular weight is 370 g/mol. The standard InChI is InChI=1S/C19H26N6O2/c1-4-9-20-19(22-13-17-24-23-14(2)25(17)3)21-12-15-7-5-8-16-18(15)27-11-6-10-26-16/h4-5,7-8H,1,6,9-13H2,2-3H3,(H2,20,21,22). The van der Waals surface area contributed by atoms with Gasteiger partial charge in [-0.2, -0.15) is 0 Å². The number of benzene rings is 1. The fourth-order valence-corrected chi connectivity index (χ4v) is 2.65. The lowest BCUT2D eigenvalue weighted by Gasteiger charge is -2.13. The van der Waals surface area contributed by atoms with Crippen molar-refractivity contribution in [2.24, 2.45) is 12.0 Å². The van der Waals surface area contributed by atoms with Gasteiger partial charge in [0.05, 0.1) is 26.3 Å². The Morgan fingerprint density at radius 1 is 1.30 bits per heavy atom. The van der Waals surface area contributed by atoms with Crippen LogP contribution in [0.1, 0.15) is 23.6 Å². The summed E-state index contributed by atoms with van der Waals surface area (Å²) in [5.41, 5.74) is 0.989. The van der Waals surface area contributed by atoms with Crippen molar-refractivity contribution in [3.05, 3.63) is 48.1 Å². The fourth-order valence-electron chi connectivity index (χ4n) is 2.65. The molecule has 8 nitrogen and oxygen atoms in total. The van der Waals surface area contributed by atoms with Crippen LogP contribution in [0.15, 0.2) is 35.8 Å². The summed E-state index contributed by atoms with van der Waals surface area (Å²) in [5, 5.41) is 14.7.